The number of benzene rings is 1. The number of halogens is 2. The van der Waals surface area contributed by atoms with Crippen molar-refractivity contribution in [2.45, 2.75) is 6.92 Å². The van der Waals surface area contributed by atoms with Crippen LogP contribution in [0.3, 0.4) is 0 Å². The predicted molar refractivity (Wildman–Crippen MR) is 51.3 cm³/mol. The Bertz CT molecular complexity index is 311. The summed E-state index contributed by atoms with van der Waals surface area (Å²) in [6.07, 6.45) is 0. The topological polar surface area (TPSA) is 40.1 Å². The Morgan fingerprint density at radius 1 is 1.33 bits per heavy atom. The van der Waals surface area contributed by atoms with Crippen LogP contribution in [-0.2, 0) is 0 Å². The van der Waals surface area contributed by atoms with Crippen molar-refractivity contribution >= 4 is 37.6 Å². The van der Waals surface area contributed by atoms with E-state index in [0.717, 1.165) is 0 Å². The second-order valence-electron chi connectivity index (χ2n) is 2.33. The van der Waals surface area contributed by atoms with Gasteiger partial charge in [0.1, 0.15) is 0 Å². The molecule has 0 radical (unpaired) electrons. The van der Waals surface area contributed by atoms with E-state index in [4.69, 9.17) is 0 Å². The van der Waals surface area contributed by atoms with E-state index in [9.17, 15) is 9.90 Å². The van der Waals surface area contributed by atoms with Gasteiger partial charge in [-0.25, -0.2) is 0 Å². The number of carbonyl (C=O) groups excluding carboxylic acids is 1. The summed E-state index contributed by atoms with van der Waals surface area (Å²) in [4.78, 5) is 10.9. The van der Waals surface area contributed by atoms with E-state index in [1.165, 1.54) is 19.1 Å². The summed E-state index contributed by atoms with van der Waals surface area (Å²) >= 11 is 6.14. The number of Topliss-reactive ketones (excluding diaryl/α,β-unsaturated/α-hetero) is 1. The third kappa shape index (κ3) is 1.87. The summed E-state index contributed by atoms with van der Waals surface area (Å²) in [7, 11) is 0. The van der Waals surface area contributed by atoms with E-state index in [-0.39, 0.29) is 11.5 Å². The highest BCUT2D eigenvalue weighted by Crippen LogP contribution is 2.30. The monoisotopic (exact) mass is 291 g/mol. The van der Waals surface area contributed by atoms with E-state index in [1.807, 2.05) is 0 Å². The average molecular weight is 293 g/mol. The van der Waals surface area contributed by atoms with Gasteiger partial charge < -0.3 is 5.11 Å². The van der Waals surface area contributed by atoms with Gasteiger partial charge >= 0.3 is 0 Å². The highest BCUT2D eigenvalue weighted by molar-refractivity contribution is 9.11. The summed E-state index contributed by atoms with van der Waals surface area (Å²) in [5.41, 5.74) is 0.522. The molecule has 0 saturated carbocycles. The molecule has 0 aliphatic carbocycles. The van der Waals surface area contributed by atoms with E-state index in [2.05, 4.69) is 31.9 Å². The van der Waals surface area contributed by atoms with Crippen LogP contribution in [0.4, 0.5) is 0 Å². The molecule has 1 aromatic carbocycles. The number of ketones is 1. The van der Waals surface area contributed by atoms with Crippen LogP contribution >= 0.6 is 31.9 Å². The first-order valence-electron chi connectivity index (χ1n) is 3.19. The van der Waals surface area contributed by atoms with Gasteiger partial charge in [0, 0.05) is 14.5 Å². The Kier molecular flexibility index (Phi) is 2.90. The SMILES string of the molecule is CC(=O)c1cc(Br)c([O-])c(Br)c1. The molecule has 0 amide bonds. The van der Waals surface area contributed by atoms with Crippen molar-refractivity contribution in [1.29, 1.82) is 0 Å². The molecule has 0 aliphatic rings. The van der Waals surface area contributed by atoms with Gasteiger partial charge in [0.15, 0.2) is 5.78 Å². The standard InChI is InChI=1S/C8H6Br2O2/c1-4(11)5-2-6(9)8(12)7(10)3-5/h2-3,12H,1H3/p-1. The second-order valence-corrected chi connectivity index (χ2v) is 4.03. The van der Waals surface area contributed by atoms with Gasteiger partial charge in [0.2, 0.25) is 0 Å². The molecule has 1 rings (SSSR count). The molecule has 0 aliphatic heterocycles. The van der Waals surface area contributed by atoms with Crippen molar-refractivity contribution in [3.63, 3.8) is 0 Å². The fourth-order valence-electron chi connectivity index (χ4n) is 0.763. The van der Waals surface area contributed by atoms with Gasteiger partial charge in [0.25, 0.3) is 0 Å². The molecule has 0 saturated heterocycles. The summed E-state index contributed by atoms with van der Waals surface area (Å²) < 4.78 is 0.809. The zero-order valence-corrected chi connectivity index (χ0v) is 9.40. The van der Waals surface area contributed by atoms with Crippen molar-refractivity contribution in [3.05, 3.63) is 26.6 Å². The van der Waals surface area contributed by atoms with Crippen LogP contribution in [0.1, 0.15) is 17.3 Å². The lowest BCUT2D eigenvalue weighted by Crippen LogP contribution is -1.97. The Morgan fingerprint density at radius 3 is 2.08 bits per heavy atom. The van der Waals surface area contributed by atoms with Crippen molar-refractivity contribution < 1.29 is 9.90 Å². The van der Waals surface area contributed by atoms with Gasteiger partial charge in [-0.3, -0.25) is 4.79 Å². The molecule has 0 unspecified atom stereocenters. The summed E-state index contributed by atoms with van der Waals surface area (Å²) in [6.45, 7) is 1.46. The van der Waals surface area contributed by atoms with Gasteiger partial charge in [-0.1, -0.05) is 37.6 Å². The fourth-order valence-corrected chi connectivity index (χ4v) is 1.95. The van der Waals surface area contributed by atoms with Crippen LogP contribution in [0.5, 0.6) is 5.75 Å². The van der Waals surface area contributed by atoms with Crippen LogP contribution in [0.15, 0.2) is 21.1 Å². The second kappa shape index (κ2) is 3.58. The van der Waals surface area contributed by atoms with Gasteiger partial charge in [-0.05, 0) is 19.1 Å². The Hall–Kier alpha value is -0.350. The molecule has 0 fully saturated rings. The molecular weight excluding hydrogens is 288 g/mol. The van der Waals surface area contributed by atoms with Crippen molar-refractivity contribution in [1.82, 2.24) is 0 Å². The molecule has 0 bridgehead atoms. The minimum atomic E-state index is -0.139. The molecule has 64 valence electrons. The van der Waals surface area contributed by atoms with Gasteiger partial charge in [-0.2, -0.15) is 0 Å². The lowest BCUT2D eigenvalue weighted by molar-refractivity contribution is -0.270. The molecule has 0 atom stereocenters. The maximum absolute atomic E-state index is 11.1. The lowest BCUT2D eigenvalue weighted by Gasteiger charge is -2.12. The van der Waals surface area contributed by atoms with Crippen molar-refractivity contribution in [2.24, 2.45) is 0 Å². The van der Waals surface area contributed by atoms with E-state index in [1.54, 1.807) is 0 Å². The zero-order valence-electron chi connectivity index (χ0n) is 6.23. The highest BCUT2D eigenvalue weighted by atomic mass is 79.9. The number of hydrogen-bond acceptors (Lipinski definition) is 2. The average Bonchev–Trinajstić information content (AvgIpc) is 1.99. The van der Waals surface area contributed by atoms with Crippen LogP contribution in [0, 0.1) is 0 Å². The third-order valence-electron chi connectivity index (χ3n) is 1.40. The molecule has 0 aromatic heterocycles. The smallest absolute Gasteiger partial charge is 0.159 e. The first-order chi connectivity index (χ1) is 5.52. The first kappa shape index (κ1) is 9.74. The third-order valence-corrected chi connectivity index (χ3v) is 2.58. The van der Waals surface area contributed by atoms with Crippen molar-refractivity contribution in [3.8, 4) is 5.75 Å². The van der Waals surface area contributed by atoms with Crippen LogP contribution < -0.4 is 5.11 Å². The highest BCUT2D eigenvalue weighted by Gasteiger charge is 2.03. The fraction of sp³-hybridized carbons (Fsp3) is 0.125. The predicted octanol–water partition coefficient (Wildman–Crippen LogP) is 2.49. The molecule has 12 heavy (non-hydrogen) atoms. The van der Waals surface area contributed by atoms with E-state index in [0.29, 0.717) is 14.5 Å². The molecule has 4 heteroatoms. The van der Waals surface area contributed by atoms with Gasteiger partial charge in [0.05, 0.1) is 0 Å². The Balaban J connectivity index is 3.31. The summed E-state index contributed by atoms with van der Waals surface area (Å²) in [5, 5.41) is 11.1. The summed E-state index contributed by atoms with van der Waals surface area (Å²) in [6, 6.07) is 3.05. The Labute approximate surface area is 86.9 Å². The molecule has 0 spiro atoms. The number of rotatable bonds is 1. The van der Waals surface area contributed by atoms with Crippen molar-refractivity contribution in [2.75, 3.05) is 0 Å². The lowest BCUT2D eigenvalue weighted by atomic mass is 10.1. The normalized spacial score (nSPS) is 9.92. The Morgan fingerprint density at radius 2 is 1.75 bits per heavy atom. The minimum absolute atomic E-state index is 0.0589. The largest absolute Gasteiger partial charge is 0.871 e. The number of carbonyl (C=O) groups is 1. The molecule has 2 nitrogen and oxygen atoms in total. The first-order valence-corrected chi connectivity index (χ1v) is 4.78. The molecule has 0 heterocycles. The molecular formula is C8H5Br2O2-. The minimum Gasteiger partial charge on any atom is -0.871 e. The van der Waals surface area contributed by atoms with E-state index < -0.39 is 0 Å². The van der Waals surface area contributed by atoms with Crippen LogP contribution in [0.25, 0.3) is 0 Å². The maximum Gasteiger partial charge on any atom is 0.159 e. The number of hydrogen-bond donors (Lipinski definition) is 0. The van der Waals surface area contributed by atoms with Gasteiger partial charge in [-0.15, -0.1) is 0 Å². The zero-order chi connectivity index (χ0) is 9.30. The maximum atomic E-state index is 11.1. The molecule has 1 aromatic rings. The van der Waals surface area contributed by atoms with Crippen LogP contribution in [0.2, 0.25) is 0 Å². The van der Waals surface area contributed by atoms with E-state index >= 15 is 0 Å². The molecule has 0 N–H and O–H groups in total. The summed E-state index contributed by atoms with van der Waals surface area (Å²) in [5.74, 6) is -0.198. The van der Waals surface area contributed by atoms with Crippen LogP contribution in [-0.4, -0.2) is 5.78 Å². The quantitative estimate of drug-likeness (QED) is 0.746.